The molecule has 1 aliphatic rings. The molecule has 6 nitrogen and oxygen atoms in total. The van der Waals surface area contributed by atoms with Crippen LogP contribution in [0.5, 0.6) is 0 Å². The highest BCUT2D eigenvalue weighted by Gasteiger charge is 2.25. The maximum absolute atomic E-state index is 12.0. The van der Waals surface area contributed by atoms with Gasteiger partial charge in [0.05, 0.1) is 6.54 Å². The van der Waals surface area contributed by atoms with Gasteiger partial charge >= 0.3 is 0 Å². The number of methoxy groups -OCH3 is 1. The summed E-state index contributed by atoms with van der Waals surface area (Å²) >= 11 is 0. The standard InChI is InChI=1S/C15H29N3O3/c1-3-7-16-14(19)12-18-9-5-13(6-10-18)15(20)17-8-4-11-21-2/h13H,3-12H2,1-2H3,(H,16,19)(H,17,20). The fourth-order valence-electron chi connectivity index (χ4n) is 2.45. The molecule has 1 rings (SSSR count). The number of hydrogen-bond donors (Lipinski definition) is 2. The maximum atomic E-state index is 12.0. The molecule has 21 heavy (non-hydrogen) atoms. The Morgan fingerprint density at radius 3 is 2.52 bits per heavy atom. The SMILES string of the molecule is CCCNC(=O)CN1CCC(C(=O)NCCCOC)CC1. The highest BCUT2D eigenvalue weighted by Crippen LogP contribution is 2.16. The molecule has 1 saturated heterocycles. The Morgan fingerprint density at radius 1 is 1.19 bits per heavy atom. The summed E-state index contributed by atoms with van der Waals surface area (Å²) in [5.74, 6) is 0.308. The summed E-state index contributed by atoms with van der Waals surface area (Å²) in [6, 6.07) is 0. The number of likely N-dealkylation sites (tertiary alicyclic amines) is 1. The number of carbonyl (C=O) groups is 2. The third-order valence-corrected chi connectivity index (χ3v) is 3.72. The van der Waals surface area contributed by atoms with Crippen molar-refractivity contribution >= 4 is 11.8 Å². The summed E-state index contributed by atoms with van der Waals surface area (Å²) in [6.07, 6.45) is 3.46. The van der Waals surface area contributed by atoms with E-state index in [0.29, 0.717) is 19.7 Å². The van der Waals surface area contributed by atoms with Crippen LogP contribution in [0.15, 0.2) is 0 Å². The van der Waals surface area contributed by atoms with Gasteiger partial charge in [-0.25, -0.2) is 0 Å². The smallest absolute Gasteiger partial charge is 0.234 e. The molecule has 1 fully saturated rings. The average Bonchev–Trinajstić information content (AvgIpc) is 2.50. The fourth-order valence-corrected chi connectivity index (χ4v) is 2.45. The summed E-state index contributed by atoms with van der Waals surface area (Å²) in [4.78, 5) is 25.8. The largest absolute Gasteiger partial charge is 0.385 e. The molecule has 2 N–H and O–H groups in total. The lowest BCUT2D eigenvalue weighted by Gasteiger charge is -2.30. The summed E-state index contributed by atoms with van der Waals surface area (Å²) in [7, 11) is 1.66. The molecule has 0 aromatic rings. The van der Waals surface area contributed by atoms with E-state index in [1.807, 2.05) is 6.92 Å². The number of piperidine rings is 1. The summed E-state index contributed by atoms with van der Waals surface area (Å²) < 4.78 is 4.95. The van der Waals surface area contributed by atoms with Crippen LogP contribution in [-0.4, -0.2) is 63.2 Å². The van der Waals surface area contributed by atoms with Crippen molar-refractivity contribution in [1.29, 1.82) is 0 Å². The molecule has 6 heteroatoms. The molecule has 0 aromatic heterocycles. The molecule has 0 unspecified atom stereocenters. The fraction of sp³-hybridized carbons (Fsp3) is 0.867. The number of nitrogens with one attached hydrogen (secondary N) is 2. The Labute approximate surface area is 127 Å². The first-order valence-corrected chi connectivity index (χ1v) is 7.93. The second kappa shape index (κ2) is 10.6. The van der Waals surface area contributed by atoms with E-state index >= 15 is 0 Å². The molecular weight excluding hydrogens is 270 g/mol. The first kappa shape index (κ1) is 17.9. The van der Waals surface area contributed by atoms with Gasteiger partial charge in [-0.05, 0) is 38.8 Å². The second-order valence-electron chi connectivity index (χ2n) is 5.54. The van der Waals surface area contributed by atoms with Crippen molar-refractivity contribution in [2.45, 2.75) is 32.6 Å². The highest BCUT2D eigenvalue weighted by molar-refractivity contribution is 5.79. The highest BCUT2D eigenvalue weighted by atomic mass is 16.5. The van der Waals surface area contributed by atoms with E-state index < -0.39 is 0 Å². The van der Waals surface area contributed by atoms with Gasteiger partial charge in [0.25, 0.3) is 0 Å². The average molecular weight is 299 g/mol. The minimum atomic E-state index is 0.0827. The zero-order chi connectivity index (χ0) is 15.5. The lowest BCUT2D eigenvalue weighted by Crippen LogP contribution is -2.44. The number of rotatable bonds is 9. The number of ether oxygens (including phenoxy) is 1. The lowest BCUT2D eigenvalue weighted by molar-refractivity contribution is -0.126. The summed E-state index contributed by atoms with van der Waals surface area (Å²) in [6.45, 7) is 6.20. The third-order valence-electron chi connectivity index (χ3n) is 3.72. The molecule has 0 atom stereocenters. The van der Waals surface area contributed by atoms with E-state index in [2.05, 4.69) is 15.5 Å². The molecule has 0 bridgehead atoms. The number of amides is 2. The van der Waals surface area contributed by atoms with Crippen molar-refractivity contribution in [3.8, 4) is 0 Å². The Bertz CT molecular complexity index is 315. The van der Waals surface area contributed by atoms with E-state index in [0.717, 1.165) is 45.3 Å². The predicted molar refractivity (Wildman–Crippen MR) is 82.0 cm³/mol. The Hall–Kier alpha value is -1.14. The van der Waals surface area contributed by atoms with E-state index in [-0.39, 0.29) is 17.7 Å². The minimum absolute atomic E-state index is 0.0827. The Kier molecular flexibility index (Phi) is 9.01. The van der Waals surface area contributed by atoms with Crippen molar-refractivity contribution < 1.29 is 14.3 Å². The summed E-state index contributed by atoms with van der Waals surface area (Å²) in [5.41, 5.74) is 0. The molecule has 1 heterocycles. The van der Waals surface area contributed by atoms with Crippen LogP contribution >= 0.6 is 0 Å². The van der Waals surface area contributed by atoms with Gasteiger partial charge in [0.2, 0.25) is 11.8 Å². The van der Waals surface area contributed by atoms with Gasteiger partial charge in [0.15, 0.2) is 0 Å². The van der Waals surface area contributed by atoms with Crippen LogP contribution < -0.4 is 10.6 Å². The van der Waals surface area contributed by atoms with Gasteiger partial charge in [-0.1, -0.05) is 6.92 Å². The molecule has 0 aromatic carbocycles. The Morgan fingerprint density at radius 2 is 1.90 bits per heavy atom. The van der Waals surface area contributed by atoms with Crippen molar-refractivity contribution in [1.82, 2.24) is 15.5 Å². The van der Waals surface area contributed by atoms with Crippen LogP contribution in [0.25, 0.3) is 0 Å². The minimum Gasteiger partial charge on any atom is -0.385 e. The van der Waals surface area contributed by atoms with E-state index in [4.69, 9.17) is 4.74 Å². The number of nitrogens with zero attached hydrogens (tertiary/aromatic N) is 1. The Balaban J connectivity index is 2.16. The van der Waals surface area contributed by atoms with E-state index in [9.17, 15) is 9.59 Å². The quantitative estimate of drug-likeness (QED) is 0.604. The molecule has 0 spiro atoms. The van der Waals surface area contributed by atoms with Gasteiger partial charge < -0.3 is 15.4 Å². The molecule has 0 saturated carbocycles. The molecule has 0 aliphatic carbocycles. The predicted octanol–water partition coefficient (Wildman–Crippen LogP) is 0.377. The van der Waals surface area contributed by atoms with Crippen molar-refractivity contribution in [3.63, 3.8) is 0 Å². The van der Waals surface area contributed by atoms with Crippen LogP contribution in [-0.2, 0) is 14.3 Å². The molecule has 1 aliphatic heterocycles. The molecule has 2 amide bonds. The van der Waals surface area contributed by atoms with Crippen LogP contribution in [0, 0.1) is 5.92 Å². The monoisotopic (exact) mass is 299 g/mol. The molecule has 0 radical (unpaired) electrons. The normalized spacial score (nSPS) is 16.7. The van der Waals surface area contributed by atoms with Gasteiger partial charge in [-0.15, -0.1) is 0 Å². The lowest BCUT2D eigenvalue weighted by atomic mass is 9.96. The molecule has 122 valence electrons. The zero-order valence-electron chi connectivity index (χ0n) is 13.3. The van der Waals surface area contributed by atoms with Crippen molar-refractivity contribution in [3.05, 3.63) is 0 Å². The van der Waals surface area contributed by atoms with Gasteiger partial charge in [0, 0.05) is 32.7 Å². The van der Waals surface area contributed by atoms with Crippen molar-refractivity contribution in [2.75, 3.05) is 46.4 Å². The summed E-state index contributed by atoms with van der Waals surface area (Å²) in [5, 5.41) is 5.84. The van der Waals surface area contributed by atoms with Crippen LogP contribution in [0.2, 0.25) is 0 Å². The topological polar surface area (TPSA) is 70.7 Å². The van der Waals surface area contributed by atoms with Crippen LogP contribution in [0.3, 0.4) is 0 Å². The van der Waals surface area contributed by atoms with Gasteiger partial charge in [-0.2, -0.15) is 0 Å². The van der Waals surface area contributed by atoms with Gasteiger partial charge in [-0.3, -0.25) is 14.5 Å². The van der Waals surface area contributed by atoms with Crippen LogP contribution in [0.1, 0.15) is 32.6 Å². The zero-order valence-corrected chi connectivity index (χ0v) is 13.3. The second-order valence-corrected chi connectivity index (χ2v) is 5.54. The van der Waals surface area contributed by atoms with Crippen LogP contribution in [0.4, 0.5) is 0 Å². The number of hydrogen-bond acceptors (Lipinski definition) is 4. The number of carbonyl (C=O) groups excluding carboxylic acids is 2. The third kappa shape index (κ3) is 7.43. The molecular formula is C15H29N3O3. The first-order chi connectivity index (χ1) is 10.2. The van der Waals surface area contributed by atoms with E-state index in [1.165, 1.54) is 0 Å². The van der Waals surface area contributed by atoms with Gasteiger partial charge in [0.1, 0.15) is 0 Å². The van der Waals surface area contributed by atoms with Crippen molar-refractivity contribution in [2.24, 2.45) is 5.92 Å². The maximum Gasteiger partial charge on any atom is 0.234 e. The van der Waals surface area contributed by atoms with E-state index in [1.54, 1.807) is 7.11 Å². The first-order valence-electron chi connectivity index (χ1n) is 7.93.